The van der Waals surface area contributed by atoms with Gasteiger partial charge in [0, 0.05) is 0 Å². The van der Waals surface area contributed by atoms with E-state index in [0.717, 1.165) is 11.3 Å². The minimum Gasteiger partial charge on any atom is -0.375 e. The van der Waals surface area contributed by atoms with Gasteiger partial charge in [-0.05, 0) is 37.7 Å². The van der Waals surface area contributed by atoms with Crippen molar-refractivity contribution in [3.05, 3.63) is 41.5 Å². The van der Waals surface area contributed by atoms with Gasteiger partial charge in [0.2, 0.25) is 0 Å². The lowest BCUT2D eigenvalue weighted by molar-refractivity contribution is 1.03. The minimum atomic E-state index is 0.170. The number of hydrogen-bond acceptors (Lipinski definition) is 2. The summed E-state index contributed by atoms with van der Waals surface area (Å²) < 4.78 is 0. The van der Waals surface area contributed by atoms with Crippen molar-refractivity contribution < 1.29 is 0 Å². The van der Waals surface area contributed by atoms with E-state index in [1.54, 1.807) is 0 Å². The average molecular weight is 233 g/mol. The van der Waals surface area contributed by atoms with Crippen LogP contribution in [-0.2, 0) is 0 Å². The predicted octanol–water partition coefficient (Wildman–Crippen LogP) is 2.22. The third-order valence-corrected chi connectivity index (χ3v) is 2.03. The normalized spacial score (nSPS) is 11.8. The molecule has 0 radical (unpaired) electrons. The topological polar surface area (TPSA) is 50.4 Å². The van der Waals surface area contributed by atoms with Gasteiger partial charge in [-0.1, -0.05) is 35.9 Å². The molecule has 0 atom stereocenters. The maximum Gasteiger partial charge on any atom is 0.184 e. The Bertz CT molecular complexity index is 418. The molecule has 0 aliphatic rings. The smallest absolute Gasteiger partial charge is 0.184 e. The van der Waals surface area contributed by atoms with Gasteiger partial charge in [-0.25, -0.2) is 0 Å². The number of nitrogens with zero attached hydrogens (tertiary/aromatic N) is 1. The molecule has 0 fully saturated rings. The summed E-state index contributed by atoms with van der Waals surface area (Å²) in [6.07, 6.45) is 3.88. The van der Waals surface area contributed by atoms with E-state index in [4.69, 9.17) is 5.73 Å². The number of hydrogen-bond donors (Lipinski definition) is 2. The highest BCUT2D eigenvalue weighted by Crippen LogP contribution is 2.04. The fraction of sp³-hybridized carbons (Fsp3) is 0.167. The number of rotatable bonds is 3. The lowest BCUT2D eigenvalue weighted by Crippen LogP contribution is -2.24. The Morgan fingerprint density at radius 3 is 2.56 bits per heavy atom. The summed E-state index contributed by atoms with van der Waals surface area (Å²) in [6.45, 7) is 3.93. The molecule has 16 heavy (non-hydrogen) atoms. The lowest BCUT2D eigenvalue weighted by atomic mass is 10.1. The van der Waals surface area contributed by atoms with Crippen molar-refractivity contribution in [1.82, 2.24) is 5.43 Å². The molecule has 4 heteroatoms. The zero-order valence-electron chi connectivity index (χ0n) is 9.40. The Balaban J connectivity index is 2.62. The second-order valence-corrected chi connectivity index (χ2v) is 3.91. The highest BCUT2D eigenvalue weighted by molar-refractivity contribution is 7.80. The minimum absolute atomic E-state index is 0.170. The second kappa shape index (κ2) is 6.02. The molecule has 0 heterocycles. The van der Waals surface area contributed by atoms with Crippen LogP contribution in [-0.4, -0.2) is 10.8 Å². The van der Waals surface area contributed by atoms with E-state index >= 15 is 0 Å². The van der Waals surface area contributed by atoms with Gasteiger partial charge in [0.05, 0.1) is 5.71 Å². The quantitative estimate of drug-likeness (QED) is 0.478. The molecule has 0 spiro atoms. The van der Waals surface area contributed by atoms with Gasteiger partial charge >= 0.3 is 0 Å². The van der Waals surface area contributed by atoms with Crippen molar-refractivity contribution in [3.8, 4) is 0 Å². The van der Waals surface area contributed by atoms with E-state index in [2.05, 4.69) is 53.9 Å². The summed E-state index contributed by atoms with van der Waals surface area (Å²) in [4.78, 5) is 0. The van der Waals surface area contributed by atoms with Crippen LogP contribution in [0.2, 0.25) is 0 Å². The summed E-state index contributed by atoms with van der Waals surface area (Å²) in [6, 6.07) is 8.25. The number of aryl methyl sites for hydroxylation is 1. The monoisotopic (exact) mass is 233 g/mol. The maximum absolute atomic E-state index is 5.25. The van der Waals surface area contributed by atoms with Crippen LogP contribution < -0.4 is 11.2 Å². The maximum atomic E-state index is 5.25. The third-order valence-electron chi connectivity index (χ3n) is 1.94. The number of benzene rings is 1. The van der Waals surface area contributed by atoms with Gasteiger partial charge in [0.1, 0.15) is 0 Å². The number of nitrogens with one attached hydrogen (secondary N) is 1. The van der Waals surface area contributed by atoms with E-state index < -0.39 is 0 Å². The molecule has 3 nitrogen and oxygen atoms in total. The fourth-order valence-electron chi connectivity index (χ4n) is 1.07. The van der Waals surface area contributed by atoms with Crippen LogP contribution in [0.25, 0.3) is 6.08 Å². The average Bonchev–Trinajstić information content (AvgIpc) is 2.25. The predicted molar refractivity (Wildman–Crippen MR) is 73.2 cm³/mol. The summed E-state index contributed by atoms with van der Waals surface area (Å²) in [5.41, 5.74) is 11.0. The molecule has 1 aromatic rings. The Hall–Kier alpha value is -1.68. The summed E-state index contributed by atoms with van der Waals surface area (Å²) in [5.74, 6) is 0. The number of nitrogens with two attached hydrogens (primary N) is 1. The van der Waals surface area contributed by atoms with Crippen LogP contribution in [0.5, 0.6) is 0 Å². The van der Waals surface area contributed by atoms with Crippen LogP contribution in [0.1, 0.15) is 18.1 Å². The van der Waals surface area contributed by atoms with Crippen molar-refractivity contribution in [1.29, 1.82) is 0 Å². The molecule has 0 bridgehead atoms. The molecule has 1 rings (SSSR count). The molecule has 1 aromatic carbocycles. The van der Waals surface area contributed by atoms with Crippen LogP contribution in [0.15, 0.2) is 35.4 Å². The molecule has 0 amide bonds. The highest BCUT2D eigenvalue weighted by atomic mass is 32.1. The zero-order chi connectivity index (χ0) is 12.0. The van der Waals surface area contributed by atoms with Crippen molar-refractivity contribution >= 4 is 29.1 Å². The standard InChI is InChI=1S/C12H15N3S/c1-9-3-6-11(7-4-9)8-5-10(2)14-15-12(13)16/h3-8H,1-2H3,(H3,13,15,16)/b8-5-,14-10+. The first-order valence-corrected chi connectivity index (χ1v) is 5.33. The van der Waals surface area contributed by atoms with Crippen LogP contribution in [0.3, 0.4) is 0 Å². The molecular weight excluding hydrogens is 218 g/mol. The molecule has 0 saturated carbocycles. The molecule has 0 unspecified atom stereocenters. The summed E-state index contributed by atoms with van der Waals surface area (Å²) >= 11 is 4.64. The van der Waals surface area contributed by atoms with Crippen LogP contribution in [0, 0.1) is 6.92 Å². The van der Waals surface area contributed by atoms with Gasteiger partial charge in [-0.15, -0.1) is 0 Å². The van der Waals surface area contributed by atoms with Crippen molar-refractivity contribution in [2.75, 3.05) is 0 Å². The molecule has 0 aromatic heterocycles. The van der Waals surface area contributed by atoms with E-state index in [9.17, 15) is 0 Å². The molecular formula is C12H15N3S. The van der Waals surface area contributed by atoms with Crippen LogP contribution >= 0.6 is 12.2 Å². The summed E-state index contributed by atoms with van der Waals surface area (Å²) in [7, 11) is 0. The largest absolute Gasteiger partial charge is 0.375 e. The zero-order valence-corrected chi connectivity index (χ0v) is 10.2. The SMILES string of the molecule is CC(/C=C\c1ccc(C)cc1)=N\NC(N)=S. The Kier molecular flexibility index (Phi) is 4.66. The first kappa shape index (κ1) is 12.4. The van der Waals surface area contributed by atoms with Gasteiger partial charge in [0.15, 0.2) is 5.11 Å². The molecule has 84 valence electrons. The third kappa shape index (κ3) is 4.70. The number of thiocarbonyl (C=S) groups is 1. The fourth-order valence-corrected chi connectivity index (χ4v) is 1.12. The van der Waals surface area contributed by atoms with E-state index in [0.29, 0.717) is 0 Å². The molecule has 0 aliphatic heterocycles. The Morgan fingerprint density at radius 2 is 2.00 bits per heavy atom. The van der Waals surface area contributed by atoms with Crippen LogP contribution in [0.4, 0.5) is 0 Å². The van der Waals surface area contributed by atoms with E-state index in [1.807, 2.05) is 19.1 Å². The highest BCUT2D eigenvalue weighted by Gasteiger charge is 1.88. The van der Waals surface area contributed by atoms with E-state index in [1.165, 1.54) is 5.56 Å². The Morgan fingerprint density at radius 1 is 1.38 bits per heavy atom. The number of hydrazone groups is 1. The van der Waals surface area contributed by atoms with Gasteiger partial charge in [-0.2, -0.15) is 5.10 Å². The Labute approximate surface area is 101 Å². The molecule has 0 saturated heterocycles. The summed E-state index contributed by atoms with van der Waals surface area (Å²) in [5, 5.41) is 4.14. The molecule has 0 aliphatic carbocycles. The second-order valence-electron chi connectivity index (χ2n) is 3.47. The van der Waals surface area contributed by atoms with E-state index in [-0.39, 0.29) is 5.11 Å². The van der Waals surface area contributed by atoms with Gasteiger partial charge < -0.3 is 5.73 Å². The lowest BCUT2D eigenvalue weighted by Gasteiger charge is -1.97. The van der Waals surface area contributed by atoms with Crippen molar-refractivity contribution in [2.24, 2.45) is 10.8 Å². The van der Waals surface area contributed by atoms with Crippen molar-refractivity contribution in [2.45, 2.75) is 13.8 Å². The first-order chi connectivity index (χ1) is 7.58. The first-order valence-electron chi connectivity index (χ1n) is 4.92. The van der Waals surface area contributed by atoms with Gasteiger partial charge in [0.25, 0.3) is 0 Å². The number of allylic oxidation sites excluding steroid dienone is 1. The molecule has 3 N–H and O–H groups in total. The van der Waals surface area contributed by atoms with Crippen molar-refractivity contribution in [3.63, 3.8) is 0 Å². The van der Waals surface area contributed by atoms with Gasteiger partial charge in [-0.3, -0.25) is 5.43 Å².